The number of benzene rings is 1. The number of anilines is 1. The lowest BCUT2D eigenvalue weighted by Gasteiger charge is -2.43. The summed E-state index contributed by atoms with van der Waals surface area (Å²) >= 11 is 6.81. The predicted octanol–water partition coefficient (Wildman–Crippen LogP) is 6.04. The van der Waals surface area contributed by atoms with E-state index in [0.717, 1.165) is 0 Å². The third-order valence-corrected chi connectivity index (χ3v) is 10.4. The number of aromatic nitrogens is 5. The van der Waals surface area contributed by atoms with Gasteiger partial charge in [0, 0.05) is 30.7 Å². The molecule has 1 fully saturated rings. The Bertz CT molecular complexity index is 2040. The number of rotatable bonds is 8. The number of fused-ring (bicyclic) bond motifs is 1. The average Bonchev–Trinajstić information content (AvgIpc) is 3.01. The number of amides is 1. The molecule has 1 amide bonds. The van der Waals surface area contributed by atoms with Crippen molar-refractivity contribution < 1.29 is 22.7 Å². The van der Waals surface area contributed by atoms with Crippen LogP contribution in [-0.4, -0.2) is 79.9 Å². The van der Waals surface area contributed by atoms with Crippen molar-refractivity contribution in [2.45, 2.75) is 84.0 Å². The number of carbonyl (C=O) groups is 1. The van der Waals surface area contributed by atoms with E-state index in [1.54, 1.807) is 32.0 Å². The average molecular weight is 700 g/mol. The number of piperazine rings is 1. The molecule has 0 aliphatic carbocycles. The second kappa shape index (κ2) is 13.4. The molecule has 1 aliphatic rings. The zero-order valence-corrected chi connectivity index (χ0v) is 29.5. The molecule has 0 spiro atoms. The van der Waals surface area contributed by atoms with Crippen LogP contribution < -0.4 is 10.6 Å². The van der Waals surface area contributed by atoms with Crippen LogP contribution in [0.5, 0.6) is 0 Å². The number of carboxylic acid groups (broad SMARTS) is 1. The summed E-state index contributed by atoms with van der Waals surface area (Å²) in [5, 5.41) is 9.88. The Kier molecular flexibility index (Phi) is 9.80. The van der Waals surface area contributed by atoms with Crippen molar-refractivity contribution in [3.8, 4) is 16.9 Å². The van der Waals surface area contributed by atoms with Crippen LogP contribution in [0.15, 0.2) is 40.3 Å². The molecule has 12 nitrogen and oxygen atoms in total. The molecule has 0 unspecified atom stereocenters. The first-order chi connectivity index (χ1) is 22.6. The summed E-state index contributed by atoms with van der Waals surface area (Å²) in [6.45, 7) is 13.1. The number of sulfone groups is 1. The van der Waals surface area contributed by atoms with E-state index in [9.17, 15) is 23.1 Å². The van der Waals surface area contributed by atoms with Gasteiger partial charge in [-0.05, 0) is 50.3 Å². The van der Waals surface area contributed by atoms with Gasteiger partial charge in [0.1, 0.15) is 11.6 Å². The maximum atomic E-state index is 15.2. The monoisotopic (exact) mass is 699 g/mol. The molecule has 1 N–H and O–H groups in total. The van der Waals surface area contributed by atoms with E-state index in [0.29, 0.717) is 23.2 Å². The van der Waals surface area contributed by atoms with Crippen molar-refractivity contribution >= 4 is 44.4 Å². The number of nitrogens with zero attached hydrogens (tertiary/aromatic N) is 7. The molecule has 48 heavy (non-hydrogen) atoms. The first kappa shape index (κ1) is 35.1. The van der Waals surface area contributed by atoms with Crippen LogP contribution in [0.3, 0.4) is 0 Å². The molecule has 256 valence electrons. The molecular formula is C33H39ClFN7O5S. The van der Waals surface area contributed by atoms with E-state index in [1.165, 1.54) is 21.6 Å². The lowest BCUT2D eigenvalue weighted by molar-refractivity contribution is 0.114. The molecule has 4 heterocycles. The van der Waals surface area contributed by atoms with Gasteiger partial charge in [0.15, 0.2) is 5.65 Å². The molecule has 15 heteroatoms. The largest absolute Gasteiger partial charge is 0.465 e. The minimum atomic E-state index is -3.82. The van der Waals surface area contributed by atoms with Gasteiger partial charge in [0.05, 0.1) is 38.9 Å². The normalized spacial score (nSPS) is 17.1. The summed E-state index contributed by atoms with van der Waals surface area (Å²) in [4.78, 5) is 47.9. The second-order valence-electron chi connectivity index (χ2n) is 12.8. The summed E-state index contributed by atoms with van der Waals surface area (Å²) in [7, 11) is -3.82. The van der Waals surface area contributed by atoms with Crippen LogP contribution in [0, 0.1) is 5.82 Å². The number of halogens is 2. The maximum Gasteiger partial charge on any atom is 0.407 e. The SMILES string of the molecule is CCCS(=O)(=O)c1nc(C(C)C)c(-n2c(=O)nc(N3C[C@@H](C)N(C(=O)O)C[C@@H]3C)c3cc(Cl)c(-c4ccccc4F)nc32)c(C(C)C)n1. The molecule has 1 aromatic carbocycles. The summed E-state index contributed by atoms with van der Waals surface area (Å²) in [5.74, 6) is -1.19. The lowest BCUT2D eigenvalue weighted by Crippen LogP contribution is -2.58. The van der Waals surface area contributed by atoms with Crippen molar-refractivity contribution in [3.63, 3.8) is 0 Å². The number of hydrogen-bond donors (Lipinski definition) is 1. The second-order valence-corrected chi connectivity index (χ2v) is 15.2. The topological polar surface area (TPSA) is 151 Å². The minimum absolute atomic E-state index is 0.0877. The van der Waals surface area contributed by atoms with Crippen LogP contribution in [0.4, 0.5) is 15.0 Å². The third-order valence-electron chi connectivity index (χ3n) is 8.42. The van der Waals surface area contributed by atoms with E-state index < -0.39 is 33.5 Å². The van der Waals surface area contributed by atoms with Crippen molar-refractivity contribution in [1.82, 2.24) is 29.4 Å². The Morgan fingerprint density at radius 1 is 1.02 bits per heavy atom. The van der Waals surface area contributed by atoms with Crippen molar-refractivity contribution in [2.75, 3.05) is 23.7 Å². The van der Waals surface area contributed by atoms with Crippen molar-refractivity contribution in [1.29, 1.82) is 0 Å². The van der Waals surface area contributed by atoms with Gasteiger partial charge in [-0.15, -0.1) is 0 Å². The summed E-state index contributed by atoms with van der Waals surface area (Å²) in [5.41, 5.74) is 0.406. The van der Waals surface area contributed by atoms with E-state index in [2.05, 4.69) is 15.0 Å². The first-order valence-electron chi connectivity index (χ1n) is 15.9. The Labute approximate surface area is 283 Å². The minimum Gasteiger partial charge on any atom is -0.465 e. The molecule has 0 saturated carbocycles. The Morgan fingerprint density at radius 2 is 1.65 bits per heavy atom. The van der Waals surface area contributed by atoms with E-state index in [-0.39, 0.29) is 75.3 Å². The quantitative estimate of drug-likeness (QED) is 0.216. The molecule has 4 aromatic rings. The van der Waals surface area contributed by atoms with Gasteiger partial charge in [-0.25, -0.2) is 41.9 Å². The van der Waals surface area contributed by atoms with Crippen LogP contribution in [-0.2, 0) is 9.84 Å². The van der Waals surface area contributed by atoms with Gasteiger partial charge in [-0.1, -0.05) is 58.4 Å². The molecule has 0 radical (unpaired) electrons. The van der Waals surface area contributed by atoms with Crippen molar-refractivity contribution in [2.24, 2.45) is 0 Å². The van der Waals surface area contributed by atoms with Crippen LogP contribution in [0.1, 0.15) is 78.1 Å². The summed E-state index contributed by atoms with van der Waals surface area (Å²) in [6.07, 6.45) is -0.675. The molecule has 5 rings (SSSR count). The fraction of sp³-hybridized carbons (Fsp3) is 0.455. The van der Waals surface area contributed by atoms with Crippen molar-refractivity contribution in [3.05, 3.63) is 63.0 Å². The van der Waals surface area contributed by atoms with Gasteiger partial charge < -0.3 is 14.9 Å². The van der Waals surface area contributed by atoms with E-state index in [4.69, 9.17) is 16.6 Å². The van der Waals surface area contributed by atoms with Gasteiger partial charge in [-0.2, -0.15) is 4.98 Å². The number of pyridine rings is 1. The first-order valence-corrected chi connectivity index (χ1v) is 17.9. The van der Waals surface area contributed by atoms with Crippen LogP contribution >= 0.6 is 11.6 Å². The fourth-order valence-electron chi connectivity index (χ4n) is 6.06. The van der Waals surface area contributed by atoms with E-state index in [1.807, 2.05) is 39.5 Å². The highest BCUT2D eigenvalue weighted by molar-refractivity contribution is 7.91. The molecule has 3 aromatic heterocycles. The Balaban J connectivity index is 1.91. The van der Waals surface area contributed by atoms with Gasteiger partial charge in [-0.3, -0.25) is 0 Å². The van der Waals surface area contributed by atoms with E-state index >= 15 is 4.39 Å². The fourth-order valence-corrected chi connectivity index (χ4v) is 7.51. The molecular weight excluding hydrogens is 661 g/mol. The third kappa shape index (κ3) is 6.35. The Morgan fingerprint density at radius 3 is 2.21 bits per heavy atom. The predicted molar refractivity (Wildman–Crippen MR) is 183 cm³/mol. The summed E-state index contributed by atoms with van der Waals surface area (Å²) in [6, 6.07) is 6.78. The highest BCUT2D eigenvalue weighted by Gasteiger charge is 2.35. The Hall–Kier alpha value is -4.17. The van der Waals surface area contributed by atoms with Crippen LogP contribution in [0.25, 0.3) is 28.0 Å². The highest BCUT2D eigenvalue weighted by atomic mass is 35.5. The zero-order valence-electron chi connectivity index (χ0n) is 27.9. The number of hydrogen-bond acceptors (Lipinski definition) is 9. The van der Waals surface area contributed by atoms with Gasteiger partial charge >= 0.3 is 11.8 Å². The van der Waals surface area contributed by atoms with Gasteiger partial charge in [0.25, 0.3) is 0 Å². The highest BCUT2D eigenvalue weighted by Crippen LogP contribution is 2.37. The van der Waals surface area contributed by atoms with Crippen LogP contribution in [0.2, 0.25) is 5.02 Å². The zero-order chi connectivity index (χ0) is 35.2. The molecule has 0 bridgehead atoms. The van der Waals surface area contributed by atoms with Gasteiger partial charge in [0.2, 0.25) is 15.0 Å². The molecule has 2 atom stereocenters. The molecule has 1 aliphatic heterocycles. The standard InChI is InChI=1S/C33H39ClFN7O5S/c1-8-13-48(46,47)31-37-25(17(2)3)28(26(38-31)18(4)5)42-30-22(14-23(34)27(36-30)21-11-9-10-12-24(21)35)29(39-32(42)43)40-15-20(7)41(33(44)45)16-19(40)6/h9-12,14,17-20H,8,13,15-16H2,1-7H3,(H,44,45)/t19-,20+/m0/s1. The molecule has 1 saturated heterocycles. The smallest absolute Gasteiger partial charge is 0.407 e. The lowest BCUT2D eigenvalue weighted by atomic mass is 10.0. The summed E-state index contributed by atoms with van der Waals surface area (Å²) < 4.78 is 42.8. The maximum absolute atomic E-state index is 15.2.